The molecule has 2 aromatic rings. The van der Waals surface area contributed by atoms with Gasteiger partial charge in [-0.15, -0.1) is 0 Å². The highest BCUT2D eigenvalue weighted by atomic mass is 16.5. The molecule has 4 heteroatoms. The smallest absolute Gasteiger partial charge is 0.268 e. The Morgan fingerprint density at radius 3 is 2.52 bits per heavy atom. The van der Waals surface area contributed by atoms with E-state index in [2.05, 4.69) is 13.0 Å². The number of ketones is 1. The van der Waals surface area contributed by atoms with E-state index in [0.29, 0.717) is 17.7 Å². The standard InChI is InChI=1S/C21H23NO3/c1-4-20(23)16-9-11-18(12-10-16)25-15(3)21(24)22-14(2)13-17-7-5-6-8-19(17)22/h5-12,14-15H,4,13H2,1-3H3/t14-,15+/m1/s1. The molecule has 0 saturated heterocycles. The van der Waals surface area contributed by atoms with Crippen molar-refractivity contribution in [3.05, 3.63) is 59.7 Å². The molecule has 2 atom stereocenters. The average molecular weight is 337 g/mol. The molecule has 1 aliphatic rings. The van der Waals surface area contributed by atoms with E-state index >= 15 is 0 Å². The van der Waals surface area contributed by atoms with Gasteiger partial charge in [0.05, 0.1) is 0 Å². The monoisotopic (exact) mass is 337 g/mol. The molecule has 0 saturated carbocycles. The number of fused-ring (bicyclic) bond motifs is 1. The van der Waals surface area contributed by atoms with Crippen molar-refractivity contribution in [2.45, 2.75) is 45.8 Å². The topological polar surface area (TPSA) is 46.6 Å². The van der Waals surface area contributed by atoms with E-state index in [1.807, 2.05) is 30.0 Å². The van der Waals surface area contributed by atoms with Gasteiger partial charge in [-0.3, -0.25) is 9.59 Å². The molecular weight excluding hydrogens is 314 g/mol. The molecule has 0 radical (unpaired) electrons. The second kappa shape index (κ2) is 7.09. The molecule has 0 spiro atoms. The summed E-state index contributed by atoms with van der Waals surface area (Å²) in [6, 6.07) is 15.1. The Labute approximate surface area is 148 Å². The fourth-order valence-electron chi connectivity index (χ4n) is 3.28. The molecule has 0 N–H and O–H groups in total. The van der Waals surface area contributed by atoms with E-state index in [4.69, 9.17) is 4.74 Å². The van der Waals surface area contributed by atoms with Crippen molar-refractivity contribution in [3.63, 3.8) is 0 Å². The zero-order valence-corrected chi connectivity index (χ0v) is 14.9. The number of carbonyl (C=O) groups excluding carboxylic acids is 2. The number of Topliss-reactive ketones (excluding diaryl/α,β-unsaturated/α-hetero) is 1. The van der Waals surface area contributed by atoms with Crippen LogP contribution in [0.25, 0.3) is 0 Å². The van der Waals surface area contributed by atoms with Crippen LogP contribution in [-0.2, 0) is 11.2 Å². The highest BCUT2D eigenvalue weighted by molar-refractivity contribution is 5.99. The van der Waals surface area contributed by atoms with Gasteiger partial charge in [-0.2, -0.15) is 0 Å². The molecule has 0 bridgehead atoms. The average Bonchev–Trinajstić information content (AvgIpc) is 2.96. The fourth-order valence-corrected chi connectivity index (χ4v) is 3.28. The van der Waals surface area contributed by atoms with Crippen LogP contribution in [0, 0.1) is 0 Å². The summed E-state index contributed by atoms with van der Waals surface area (Å²) in [5, 5.41) is 0. The zero-order valence-electron chi connectivity index (χ0n) is 14.9. The quantitative estimate of drug-likeness (QED) is 0.774. The number of para-hydroxylation sites is 1. The van der Waals surface area contributed by atoms with Gasteiger partial charge in [-0.25, -0.2) is 0 Å². The number of hydrogen-bond donors (Lipinski definition) is 0. The number of hydrogen-bond acceptors (Lipinski definition) is 3. The predicted molar refractivity (Wildman–Crippen MR) is 98.2 cm³/mol. The lowest BCUT2D eigenvalue weighted by Crippen LogP contribution is -2.43. The minimum Gasteiger partial charge on any atom is -0.481 e. The SMILES string of the molecule is CCC(=O)c1ccc(O[C@@H](C)C(=O)N2c3ccccc3C[C@H]2C)cc1. The first-order valence-corrected chi connectivity index (χ1v) is 8.72. The maximum absolute atomic E-state index is 12.9. The first-order valence-electron chi connectivity index (χ1n) is 8.72. The van der Waals surface area contributed by atoms with Crippen LogP contribution in [-0.4, -0.2) is 23.8 Å². The molecule has 0 fully saturated rings. The third-order valence-electron chi connectivity index (χ3n) is 4.60. The lowest BCUT2D eigenvalue weighted by Gasteiger charge is -2.26. The van der Waals surface area contributed by atoms with Crippen molar-refractivity contribution < 1.29 is 14.3 Å². The molecule has 0 aliphatic carbocycles. The third-order valence-corrected chi connectivity index (χ3v) is 4.60. The van der Waals surface area contributed by atoms with Crippen LogP contribution < -0.4 is 9.64 Å². The van der Waals surface area contributed by atoms with Gasteiger partial charge in [0.25, 0.3) is 5.91 Å². The van der Waals surface area contributed by atoms with Crippen molar-refractivity contribution >= 4 is 17.4 Å². The summed E-state index contributed by atoms with van der Waals surface area (Å²) in [5.74, 6) is 0.637. The Morgan fingerprint density at radius 1 is 1.16 bits per heavy atom. The Morgan fingerprint density at radius 2 is 1.84 bits per heavy atom. The van der Waals surface area contributed by atoms with E-state index in [1.165, 1.54) is 5.56 Å². The van der Waals surface area contributed by atoms with Gasteiger partial charge in [-0.1, -0.05) is 25.1 Å². The number of anilines is 1. The predicted octanol–water partition coefficient (Wildman–Crippen LogP) is 4.02. The maximum Gasteiger partial charge on any atom is 0.268 e. The number of ether oxygens (including phenoxy) is 1. The van der Waals surface area contributed by atoms with E-state index in [0.717, 1.165) is 12.1 Å². The van der Waals surface area contributed by atoms with Gasteiger partial charge in [0.2, 0.25) is 0 Å². The number of carbonyl (C=O) groups is 2. The van der Waals surface area contributed by atoms with Crippen LogP contribution >= 0.6 is 0 Å². The van der Waals surface area contributed by atoms with Gasteiger partial charge in [0, 0.05) is 23.7 Å². The van der Waals surface area contributed by atoms with Crippen LogP contribution in [0.15, 0.2) is 48.5 Å². The Kier molecular flexibility index (Phi) is 4.88. The first kappa shape index (κ1) is 17.2. The fraction of sp³-hybridized carbons (Fsp3) is 0.333. The largest absolute Gasteiger partial charge is 0.481 e. The number of amides is 1. The summed E-state index contributed by atoms with van der Waals surface area (Å²) >= 11 is 0. The lowest BCUT2D eigenvalue weighted by molar-refractivity contribution is -0.124. The second-order valence-electron chi connectivity index (χ2n) is 6.45. The van der Waals surface area contributed by atoms with Gasteiger partial charge in [0.1, 0.15) is 5.75 Å². The molecular formula is C21H23NO3. The lowest BCUT2D eigenvalue weighted by atomic mass is 10.1. The molecule has 4 nitrogen and oxygen atoms in total. The Balaban J connectivity index is 1.72. The zero-order chi connectivity index (χ0) is 18.0. The number of nitrogens with zero attached hydrogens (tertiary/aromatic N) is 1. The molecule has 2 aromatic carbocycles. The molecule has 1 aliphatic heterocycles. The Bertz CT molecular complexity index is 782. The van der Waals surface area contributed by atoms with Crippen molar-refractivity contribution in [1.82, 2.24) is 0 Å². The van der Waals surface area contributed by atoms with E-state index < -0.39 is 6.10 Å². The van der Waals surface area contributed by atoms with Crippen LogP contribution in [0.5, 0.6) is 5.75 Å². The molecule has 1 heterocycles. The Hall–Kier alpha value is -2.62. The molecule has 0 unspecified atom stereocenters. The molecule has 25 heavy (non-hydrogen) atoms. The normalized spacial score (nSPS) is 17.1. The van der Waals surface area contributed by atoms with Gasteiger partial charge >= 0.3 is 0 Å². The number of benzene rings is 2. The second-order valence-corrected chi connectivity index (χ2v) is 6.45. The van der Waals surface area contributed by atoms with E-state index in [-0.39, 0.29) is 17.7 Å². The van der Waals surface area contributed by atoms with Crippen molar-refractivity contribution in [2.75, 3.05) is 4.90 Å². The minimum atomic E-state index is -0.596. The molecule has 1 amide bonds. The number of rotatable bonds is 5. The van der Waals surface area contributed by atoms with Crippen LogP contribution in [0.2, 0.25) is 0 Å². The van der Waals surface area contributed by atoms with Crippen LogP contribution in [0.4, 0.5) is 5.69 Å². The summed E-state index contributed by atoms with van der Waals surface area (Å²) in [6.07, 6.45) is 0.741. The van der Waals surface area contributed by atoms with Gasteiger partial charge < -0.3 is 9.64 Å². The van der Waals surface area contributed by atoms with E-state index in [9.17, 15) is 9.59 Å². The van der Waals surface area contributed by atoms with Gasteiger partial charge in [0.15, 0.2) is 11.9 Å². The third kappa shape index (κ3) is 3.43. The summed E-state index contributed by atoms with van der Waals surface area (Å²) in [7, 11) is 0. The molecule has 0 aromatic heterocycles. The van der Waals surface area contributed by atoms with Crippen LogP contribution in [0.3, 0.4) is 0 Å². The summed E-state index contributed by atoms with van der Waals surface area (Å²) in [6.45, 7) is 5.65. The summed E-state index contributed by atoms with van der Waals surface area (Å²) in [4.78, 5) is 26.4. The van der Waals surface area contributed by atoms with Crippen molar-refractivity contribution in [1.29, 1.82) is 0 Å². The molecule has 3 rings (SSSR count). The highest BCUT2D eigenvalue weighted by Crippen LogP contribution is 2.32. The first-order chi connectivity index (χ1) is 12.0. The maximum atomic E-state index is 12.9. The van der Waals surface area contributed by atoms with Crippen LogP contribution in [0.1, 0.15) is 43.1 Å². The molecule has 130 valence electrons. The van der Waals surface area contributed by atoms with Crippen molar-refractivity contribution in [3.8, 4) is 5.75 Å². The summed E-state index contributed by atoms with van der Waals surface area (Å²) < 4.78 is 5.82. The minimum absolute atomic E-state index is 0.0499. The summed E-state index contributed by atoms with van der Waals surface area (Å²) in [5.41, 5.74) is 2.83. The highest BCUT2D eigenvalue weighted by Gasteiger charge is 2.33. The van der Waals surface area contributed by atoms with Crippen molar-refractivity contribution in [2.24, 2.45) is 0 Å². The van der Waals surface area contributed by atoms with E-state index in [1.54, 1.807) is 31.2 Å². The van der Waals surface area contributed by atoms with Gasteiger partial charge in [-0.05, 0) is 56.2 Å².